The van der Waals surface area contributed by atoms with Crippen LogP contribution in [-0.4, -0.2) is 33.7 Å². The van der Waals surface area contributed by atoms with Gasteiger partial charge in [0.2, 0.25) is 0 Å². The van der Waals surface area contributed by atoms with Crippen LogP contribution in [-0.2, 0) is 15.5 Å². The third-order valence-electron chi connectivity index (χ3n) is 3.47. The maximum absolute atomic E-state index is 12.2. The average Bonchev–Trinajstić information content (AvgIpc) is 2.90. The molecule has 3 atom stereocenters. The minimum atomic E-state index is -1.17. The van der Waals surface area contributed by atoms with Crippen molar-refractivity contribution in [3.05, 3.63) is 35.4 Å². The molecule has 0 aliphatic carbocycles. The molecule has 0 spiro atoms. The van der Waals surface area contributed by atoms with Gasteiger partial charge in [0, 0.05) is 23.0 Å². The number of Topliss-reactive ketones (excluding diaryl/α,β-unsaturated/α-hetero) is 1. The monoisotopic (exact) mass is 280 g/mol. The van der Waals surface area contributed by atoms with E-state index in [2.05, 4.69) is 0 Å². The molecule has 4 heteroatoms. The highest BCUT2D eigenvalue weighted by atomic mass is 32.2. The van der Waals surface area contributed by atoms with Crippen LogP contribution in [0.2, 0.25) is 0 Å². The van der Waals surface area contributed by atoms with Gasteiger partial charge in [-0.25, -0.2) is 0 Å². The SMILES string of the molecule is Cc1ccc(C(=O)C(C)S(=O)CC2CCCO2)cc1. The predicted octanol–water partition coefficient (Wildman–Crippen LogP) is 2.49. The first-order valence-corrected chi connectivity index (χ1v) is 8.06. The van der Waals surface area contributed by atoms with Gasteiger partial charge < -0.3 is 4.74 Å². The van der Waals surface area contributed by atoms with Gasteiger partial charge in [-0.1, -0.05) is 29.8 Å². The molecule has 0 amide bonds. The lowest BCUT2D eigenvalue weighted by Crippen LogP contribution is -2.28. The molecule has 0 saturated carbocycles. The fourth-order valence-electron chi connectivity index (χ4n) is 2.18. The average molecular weight is 280 g/mol. The number of hydrogen-bond acceptors (Lipinski definition) is 3. The van der Waals surface area contributed by atoms with Crippen molar-refractivity contribution in [3.8, 4) is 0 Å². The van der Waals surface area contributed by atoms with Crippen LogP contribution in [0.25, 0.3) is 0 Å². The highest BCUT2D eigenvalue weighted by molar-refractivity contribution is 7.86. The van der Waals surface area contributed by atoms with Gasteiger partial charge in [-0.05, 0) is 26.7 Å². The number of carbonyl (C=O) groups is 1. The van der Waals surface area contributed by atoms with E-state index in [1.165, 1.54) is 0 Å². The van der Waals surface area contributed by atoms with Crippen molar-refractivity contribution in [2.24, 2.45) is 0 Å². The largest absolute Gasteiger partial charge is 0.377 e. The lowest BCUT2D eigenvalue weighted by atomic mass is 10.1. The molecule has 1 aromatic rings. The molecule has 2 rings (SSSR count). The second-order valence-corrected chi connectivity index (χ2v) is 6.86. The molecule has 1 aliphatic rings. The number of hydrogen-bond donors (Lipinski definition) is 0. The van der Waals surface area contributed by atoms with Crippen molar-refractivity contribution in [2.75, 3.05) is 12.4 Å². The maximum atomic E-state index is 12.2. The minimum Gasteiger partial charge on any atom is -0.377 e. The smallest absolute Gasteiger partial charge is 0.178 e. The Kier molecular flexibility index (Phi) is 4.88. The van der Waals surface area contributed by atoms with Crippen LogP contribution in [0.15, 0.2) is 24.3 Å². The topological polar surface area (TPSA) is 43.4 Å². The summed E-state index contributed by atoms with van der Waals surface area (Å²) in [7, 11) is -1.17. The standard InChI is InChI=1S/C15H20O3S/c1-11-5-7-13(8-6-11)15(16)12(2)19(17)10-14-4-3-9-18-14/h5-8,12,14H,3-4,9-10H2,1-2H3. The van der Waals surface area contributed by atoms with Gasteiger partial charge in [0.05, 0.1) is 17.1 Å². The molecule has 0 aromatic heterocycles. The summed E-state index contributed by atoms with van der Waals surface area (Å²) in [6.07, 6.45) is 2.05. The van der Waals surface area contributed by atoms with Gasteiger partial charge in [0.25, 0.3) is 0 Å². The first kappa shape index (κ1) is 14.4. The van der Waals surface area contributed by atoms with Crippen LogP contribution in [0, 0.1) is 6.92 Å². The Bertz CT molecular complexity index is 461. The Labute approximate surface area is 116 Å². The van der Waals surface area contributed by atoms with E-state index >= 15 is 0 Å². The summed E-state index contributed by atoms with van der Waals surface area (Å²) >= 11 is 0. The number of ether oxygens (including phenoxy) is 1. The Morgan fingerprint density at radius 3 is 2.68 bits per heavy atom. The van der Waals surface area contributed by atoms with E-state index in [9.17, 15) is 9.00 Å². The third kappa shape index (κ3) is 3.74. The van der Waals surface area contributed by atoms with Crippen molar-refractivity contribution in [2.45, 2.75) is 38.0 Å². The van der Waals surface area contributed by atoms with Crippen molar-refractivity contribution < 1.29 is 13.7 Å². The van der Waals surface area contributed by atoms with Crippen molar-refractivity contribution >= 4 is 16.6 Å². The predicted molar refractivity (Wildman–Crippen MR) is 77.0 cm³/mol. The highest BCUT2D eigenvalue weighted by Gasteiger charge is 2.26. The minimum absolute atomic E-state index is 0.0451. The Hall–Kier alpha value is -1.00. The van der Waals surface area contributed by atoms with Gasteiger partial charge in [-0.3, -0.25) is 9.00 Å². The van der Waals surface area contributed by atoms with E-state index in [1.807, 2.05) is 19.1 Å². The maximum Gasteiger partial charge on any atom is 0.178 e. The Balaban J connectivity index is 1.97. The van der Waals surface area contributed by atoms with Crippen LogP contribution in [0.4, 0.5) is 0 Å². The quantitative estimate of drug-likeness (QED) is 0.778. The summed E-state index contributed by atoms with van der Waals surface area (Å²) in [4.78, 5) is 12.2. The zero-order valence-electron chi connectivity index (χ0n) is 11.4. The van der Waals surface area contributed by atoms with Gasteiger partial charge in [0.15, 0.2) is 5.78 Å². The van der Waals surface area contributed by atoms with E-state index < -0.39 is 16.0 Å². The van der Waals surface area contributed by atoms with Gasteiger partial charge in [0.1, 0.15) is 0 Å². The van der Waals surface area contributed by atoms with Crippen LogP contribution in [0.5, 0.6) is 0 Å². The molecule has 1 heterocycles. The van der Waals surface area contributed by atoms with E-state index in [1.54, 1.807) is 19.1 Å². The summed E-state index contributed by atoms with van der Waals surface area (Å²) in [6, 6.07) is 7.42. The molecular weight excluding hydrogens is 260 g/mol. The zero-order valence-corrected chi connectivity index (χ0v) is 12.2. The lowest BCUT2D eigenvalue weighted by molar-refractivity contribution is 0.0991. The lowest BCUT2D eigenvalue weighted by Gasteiger charge is -2.14. The molecule has 1 aliphatic heterocycles. The number of aryl methyl sites for hydroxylation is 1. The summed E-state index contributed by atoms with van der Waals surface area (Å²) in [5, 5.41) is -0.466. The second kappa shape index (κ2) is 6.44. The first-order valence-electron chi connectivity index (χ1n) is 6.67. The van der Waals surface area contributed by atoms with Crippen molar-refractivity contribution in [1.82, 2.24) is 0 Å². The second-order valence-electron chi connectivity index (χ2n) is 5.05. The molecule has 0 radical (unpaired) electrons. The summed E-state index contributed by atoms with van der Waals surface area (Å²) < 4.78 is 17.7. The van der Waals surface area contributed by atoms with Crippen molar-refractivity contribution in [1.29, 1.82) is 0 Å². The Morgan fingerprint density at radius 2 is 2.11 bits per heavy atom. The summed E-state index contributed by atoms with van der Waals surface area (Å²) in [5.74, 6) is 0.426. The van der Waals surface area contributed by atoms with Crippen molar-refractivity contribution in [3.63, 3.8) is 0 Å². The molecule has 3 nitrogen and oxygen atoms in total. The number of ketones is 1. The number of carbonyl (C=O) groups excluding carboxylic acids is 1. The fraction of sp³-hybridized carbons (Fsp3) is 0.533. The number of rotatable bonds is 5. The van der Waals surface area contributed by atoms with E-state index in [4.69, 9.17) is 4.74 Å². The molecule has 1 aromatic carbocycles. The van der Waals surface area contributed by atoms with E-state index in [0.29, 0.717) is 11.3 Å². The third-order valence-corrected chi connectivity index (χ3v) is 5.18. The van der Waals surface area contributed by atoms with Crippen LogP contribution < -0.4 is 0 Å². The first-order chi connectivity index (χ1) is 9.08. The normalized spacial score (nSPS) is 22.1. The number of benzene rings is 1. The van der Waals surface area contributed by atoms with Gasteiger partial charge >= 0.3 is 0 Å². The zero-order chi connectivity index (χ0) is 13.8. The van der Waals surface area contributed by atoms with E-state index in [0.717, 1.165) is 25.0 Å². The molecule has 19 heavy (non-hydrogen) atoms. The van der Waals surface area contributed by atoms with Crippen LogP contribution in [0.3, 0.4) is 0 Å². The molecular formula is C15H20O3S. The molecule has 3 unspecified atom stereocenters. The van der Waals surface area contributed by atoms with Crippen LogP contribution in [0.1, 0.15) is 35.7 Å². The fourth-order valence-corrected chi connectivity index (χ4v) is 3.47. The molecule has 104 valence electrons. The highest BCUT2D eigenvalue weighted by Crippen LogP contribution is 2.16. The van der Waals surface area contributed by atoms with Gasteiger partial charge in [-0.2, -0.15) is 0 Å². The van der Waals surface area contributed by atoms with Gasteiger partial charge in [-0.15, -0.1) is 0 Å². The summed E-state index contributed by atoms with van der Waals surface area (Å²) in [6.45, 7) is 4.47. The molecule has 0 bridgehead atoms. The molecule has 0 N–H and O–H groups in total. The molecule has 1 saturated heterocycles. The van der Waals surface area contributed by atoms with Crippen LogP contribution >= 0.6 is 0 Å². The Morgan fingerprint density at radius 1 is 1.42 bits per heavy atom. The van der Waals surface area contributed by atoms with E-state index in [-0.39, 0.29) is 11.9 Å². The molecule has 1 fully saturated rings. The summed E-state index contributed by atoms with van der Waals surface area (Å²) in [5.41, 5.74) is 1.75.